The van der Waals surface area contributed by atoms with Gasteiger partial charge in [0, 0.05) is 44.2 Å². The molecule has 29 heavy (non-hydrogen) atoms. The summed E-state index contributed by atoms with van der Waals surface area (Å²) in [6.45, 7) is 2.91. The van der Waals surface area contributed by atoms with E-state index < -0.39 is 18.0 Å². The van der Waals surface area contributed by atoms with Crippen molar-refractivity contribution >= 4 is 34.8 Å². The quantitative estimate of drug-likeness (QED) is 0.261. The lowest BCUT2D eigenvalue weighted by molar-refractivity contribution is -0.148. The van der Waals surface area contributed by atoms with Gasteiger partial charge in [-0.2, -0.15) is 0 Å². The van der Waals surface area contributed by atoms with Gasteiger partial charge in [0.2, 0.25) is 0 Å². The zero-order chi connectivity index (χ0) is 20.9. The number of rotatable bonds is 10. The van der Waals surface area contributed by atoms with Crippen molar-refractivity contribution in [1.82, 2.24) is 9.88 Å². The minimum absolute atomic E-state index is 0.0407. The molecule has 0 spiro atoms. The number of hydrogen-bond donors (Lipinski definition) is 1. The number of ether oxygens (including phenoxy) is 2. The van der Waals surface area contributed by atoms with Gasteiger partial charge in [0.05, 0.1) is 13.2 Å². The third kappa shape index (κ3) is 9.84. The summed E-state index contributed by atoms with van der Waals surface area (Å²) < 4.78 is 10.6. The Morgan fingerprint density at radius 1 is 1.34 bits per heavy atom. The number of carboxylic acids is 1. The largest absolute Gasteiger partial charge is 0.478 e. The monoisotopic (exact) mass is 423 g/mol. The second-order valence-electron chi connectivity index (χ2n) is 5.97. The smallest absolute Gasteiger partial charge is 0.331 e. The number of allylic oxidation sites excluding steroid dienone is 1. The number of carboxylic acid groups (broad SMARTS) is 1. The zero-order valence-electron chi connectivity index (χ0n) is 15.6. The van der Waals surface area contributed by atoms with Crippen LogP contribution in [0.1, 0.15) is 5.56 Å². The highest BCUT2D eigenvalue weighted by Gasteiger charge is 2.20. The van der Waals surface area contributed by atoms with Crippen LogP contribution in [0, 0.1) is 0 Å². The topological polar surface area (TPSA) is 111 Å². The Balaban J connectivity index is 1.89. The SMILES string of the molecule is O=C(O)/C=C\C(=O)OC(CON=C(Cl)C=Cc1cccnc1)CN1CCOCC1. The molecule has 156 valence electrons. The maximum atomic E-state index is 11.8. The average molecular weight is 424 g/mol. The molecule has 1 aromatic heterocycles. The lowest BCUT2D eigenvalue weighted by Crippen LogP contribution is -2.43. The number of aliphatic carboxylic acids is 1. The van der Waals surface area contributed by atoms with Crippen LogP contribution in [0.25, 0.3) is 6.08 Å². The Bertz CT molecular complexity index is 748. The minimum atomic E-state index is -1.24. The molecule has 2 rings (SSSR count). The fraction of sp³-hybridized carbons (Fsp3) is 0.368. The second kappa shape index (κ2) is 12.7. The van der Waals surface area contributed by atoms with E-state index in [-0.39, 0.29) is 11.8 Å². The van der Waals surface area contributed by atoms with Gasteiger partial charge in [0.25, 0.3) is 0 Å². The number of morpholine rings is 1. The van der Waals surface area contributed by atoms with Gasteiger partial charge in [-0.1, -0.05) is 28.9 Å². The van der Waals surface area contributed by atoms with Crippen LogP contribution < -0.4 is 0 Å². The molecule has 1 aliphatic rings. The van der Waals surface area contributed by atoms with Crippen LogP contribution in [0.5, 0.6) is 0 Å². The first kappa shape index (κ1) is 22.5. The van der Waals surface area contributed by atoms with Crippen LogP contribution in [0.15, 0.2) is 47.9 Å². The summed E-state index contributed by atoms with van der Waals surface area (Å²) in [6, 6.07) is 3.65. The predicted molar refractivity (Wildman–Crippen MR) is 106 cm³/mol. The van der Waals surface area contributed by atoms with E-state index in [1.165, 1.54) is 0 Å². The number of carbonyl (C=O) groups excluding carboxylic acids is 1. The van der Waals surface area contributed by atoms with Crippen LogP contribution >= 0.6 is 11.6 Å². The fourth-order valence-corrected chi connectivity index (χ4v) is 2.50. The van der Waals surface area contributed by atoms with Gasteiger partial charge >= 0.3 is 11.9 Å². The van der Waals surface area contributed by atoms with Crippen molar-refractivity contribution in [1.29, 1.82) is 0 Å². The highest BCUT2D eigenvalue weighted by molar-refractivity contribution is 6.68. The Hall–Kier alpha value is -2.75. The predicted octanol–water partition coefficient (Wildman–Crippen LogP) is 1.55. The van der Waals surface area contributed by atoms with E-state index in [0.29, 0.717) is 38.9 Å². The Morgan fingerprint density at radius 3 is 2.83 bits per heavy atom. The molecule has 0 aliphatic carbocycles. The van der Waals surface area contributed by atoms with Crippen molar-refractivity contribution < 1.29 is 29.0 Å². The van der Waals surface area contributed by atoms with Crippen molar-refractivity contribution in [2.75, 3.05) is 39.5 Å². The first-order valence-electron chi connectivity index (χ1n) is 8.88. The summed E-state index contributed by atoms with van der Waals surface area (Å²) in [5.74, 6) is -2.01. The van der Waals surface area contributed by atoms with E-state index in [0.717, 1.165) is 11.6 Å². The van der Waals surface area contributed by atoms with Crippen LogP contribution in [0.3, 0.4) is 0 Å². The van der Waals surface area contributed by atoms with Crippen molar-refractivity contribution in [2.24, 2.45) is 5.16 Å². The minimum Gasteiger partial charge on any atom is -0.478 e. The molecule has 0 radical (unpaired) electrons. The van der Waals surface area contributed by atoms with Gasteiger partial charge in [0.15, 0.2) is 17.9 Å². The van der Waals surface area contributed by atoms with Gasteiger partial charge in [0.1, 0.15) is 0 Å². The third-order valence-corrected chi connectivity index (χ3v) is 3.92. The van der Waals surface area contributed by atoms with E-state index in [9.17, 15) is 9.59 Å². The molecule has 1 aliphatic heterocycles. The van der Waals surface area contributed by atoms with E-state index >= 15 is 0 Å². The molecule has 9 nitrogen and oxygen atoms in total. The number of aromatic nitrogens is 1. The first-order chi connectivity index (χ1) is 14.0. The van der Waals surface area contributed by atoms with Crippen molar-refractivity contribution in [3.63, 3.8) is 0 Å². The molecule has 1 atom stereocenters. The van der Waals surface area contributed by atoms with Crippen LogP contribution in [0.2, 0.25) is 0 Å². The van der Waals surface area contributed by atoms with E-state index in [1.54, 1.807) is 30.6 Å². The summed E-state index contributed by atoms with van der Waals surface area (Å²) in [4.78, 5) is 33.6. The standard InChI is InChI=1S/C19H22ClN3O6/c20-17(4-3-15-2-1-7-21-12-15)22-28-14-16(13-23-8-10-27-11-9-23)29-19(26)6-5-18(24)25/h1-7,12,16H,8-11,13-14H2,(H,24,25)/b4-3?,6-5-,22-17?. The highest BCUT2D eigenvalue weighted by Crippen LogP contribution is 2.05. The van der Waals surface area contributed by atoms with Crippen LogP contribution in [-0.2, 0) is 23.9 Å². The number of nitrogens with zero attached hydrogens (tertiary/aromatic N) is 3. The molecule has 1 fully saturated rings. The van der Waals surface area contributed by atoms with E-state index in [2.05, 4.69) is 15.0 Å². The van der Waals surface area contributed by atoms with Gasteiger partial charge in [-0.3, -0.25) is 9.88 Å². The number of halogens is 1. The Kier molecular flexibility index (Phi) is 9.84. The maximum Gasteiger partial charge on any atom is 0.331 e. The molecule has 1 unspecified atom stereocenters. The number of oxime groups is 1. The van der Waals surface area contributed by atoms with Crippen molar-refractivity contribution in [3.05, 3.63) is 48.3 Å². The summed E-state index contributed by atoms with van der Waals surface area (Å²) in [6.07, 6.45) is 7.52. The van der Waals surface area contributed by atoms with E-state index in [1.807, 2.05) is 6.07 Å². The summed E-state index contributed by atoms with van der Waals surface area (Å²) in [5, 5.41) is 12.5. The second-order valence-corrected chi connectivity index (χ2v) is 6.36. The average Bonchev–Trinajstić information content (AvgIpc) is 2.72. The lowest BCUT2D eigenvalue weighted by atomic mass is 10.3. The molecule has 0 amide bonds. The molecule has 1 saturated heterocycles. The highest BCUT2D eigenvalue weighted by atomic mass is 35.5. The first-order valence-corrected chi connectivity index (χ1v) is 9.26. The molecular weight excluding hydrogens is 402 g/mol. The summed E-state index contributed by atoms with van der Waals surface area (Å²) in [7, 11) is 0. The molecule has 0 bridgehead atoms. The number of esters is 1. The Labute approximate surface area is 173 Å². The summed E-state index contributed by atoms with van der Waals surface area (Å²) >= 11 is 6.00. The molecular formula is C19H22ClN3O6. The molecule has 10 heteroatoms. The lowest BCUT2D eigenvalue weighted by Gasteiger charge is -2.29. The van der Waals surface area contributed by atoms with Crippen molar-refractivity contribution in [2.45, 2.75) is 6.10 Å². The fourth-order valence-electron chi connectivity index (χ4n) is 2.39. The Morgan fingerprint density at radius 2 is 2.14 bits per heavy atom. The maximum absolute atomic E-state index is 11.8. The van der Waals surface area contributed by atoms with Crippen molar-refractivity contribution in [3.8, 4) is 0 Å². The molecule has 1 N–H and O–H groups in total. The van der Waals surface area contributed by atoms with Gasteiger partial charge in [-0.25, -0.2) is 9.59 Å². The molecule has 1 aromatic rings. The normalized spacial score (nSPS) is 16.8. The zero-order valence-corrected chi connectivity index (χ0v) is 16.4. The van der Waals surface area contributed by atoms with Crippen LogP contribution in [0.4, 0.5) is 0 Å². The number of hydrogen-bond acceptors (Lipinski definition) is 8. The number of carbonyl (C=O) groups is 2. The third-order valence-electron chi connectivity index (χ3n) is 3.72. The van der Waals surface area contributed by atoms with Gasteiger partial charge in [-0.15, -0.1) is 0 Å². The van der Waals surface area contributed by atoms with E-state index in [4.69, 9.17) is 31.0 Å². The summed E-state index contributed by atoms with van der Waals surface area (Å²) in [5.41, 5.74) is 0.852. The number of pyridine rings is 1. The van der Waals surface area contributed by atoms with Crippen LogP contribution in [-0.4, -0.2) is 77.7 Å². The van der Waals surface area contributed by atoms with Gasteiger partial charge in [-0.05, 0) is 17.7 Å². The molecule has 0 aromatic carbocycles. The van der Waals surface area contributed by atoms with Gasteiger partial charge < -0.3 is 19.4 Å². The molecule has 2 heterocycles. The molecule has 0 saturated carbocycles.